The van der Waals surface area contributed by atoms with Crippen LogP contribution in [0.5, 0.6) is 0 Å². The third kappa shape index (κ3) is 6.26. The molecule has 202 valence electrons. The monoisotopic (exact) mass is 530 g/mol. The molecule has 2 fully saturated rings. The Labute approximate surface area is 220 Å². The molecule has 0 saturated carbocycles. The summed E-state index contributed by atoms with van der Waals surface area (Å²) in [5, 5.41) is -0.816. The summed E-state index contributed by atoms with van der Waals surface area (Å²) in [5.74, 6) is -0.394. The molecule has 4 rings (SSSR count). The minimum absolute atomic E-state index is 0.109. The van der Waals surface area contributed by atoms with Gasteiger partial charge in [0.05, 0.1) is 6.04 Å². The lowest BCUT2D eigenvalue weighted by Gasteiger charge is -2.43. The van der Waals surface area contributed by atoms with Gasteiger partial charge in [0.15, 0.2) is 0 Å². The first-order valence-corrected chi connectivity index (χ1v) is 14.4. The molecule has 0 aliphatic carbocycles. The Morgan fingerprint density at radius 3 is 2.27 bits per heavy atom. The number of hydrogen-bond acceptors (Lipinski definition) is 6. The number of benzene rings is 2. The number of ether oxygens (including phenoxy) is 1. The van der Waals surface area contributed by atoms with Crippen LogP contribution in [0.3, 0.4) is 0 Å². The van der Waals surface area contributed by atoms with Crippen LogP contribution in [0.4, 0.5) is 10.1 Å². The average molecular weight is 531 g/mol. The van der Waals surface area contributed by atoms with Crippen LogP contribution in [-0.2, 0) is 21.2 Å². The number of aliphatic imine (C=N–C) groups is 1. The number of rotatable bonds is 5. The molecule has 2 aliphatic rings. The second-order valence-corrected chi connectivity index (χ2v) is 13.4. The first-order valence-electron chi connectivity index (χ1n) is 12.9. The van der Waals surface area contributed by atoms with E-state index in [1.54, 1.807) is 39.0 Å². The summed E-state index contributed by atoms with van der Waals surface area (Å²) in [6.45, 7) is 15.9. The maximum Gasteiger partial charge on any atom is 0.299 e. The molecule has 2 aromatic rings. The van der Waals surface area contributed by atoms with Crippen molar-refractivity contribution in [3.8, 4) is 0 Å². The Balaban J connectivity index is 1.44. The first kappa shape index (κ1) is 27.4. The second kappa shape index (κ2) is 10.3. The largest absolute Gasteiger partial charge is 0.457 e. The fourth-order valence-electron chi connectivity index (χ4n) is 5.06. The summed E-state index contributed by atoms with van der Waals surface area (Å²) >= 11 is 0. The van der Waals surface area contributed by atoms with E-state index in [1.165, 1.54) is 6.07 Å². The van der Waals surface area contributed by atoms with Crippen LogP contribution in [0, 0.1) is 5.82 Å². The lowest BCUT2D eigenvalue weighted by molar-refractivity contribution is 0.0762. The molecular formula is C28H39FN4O3S. The fraction of sp³-hybridized carbons (Fsp3) is 0.536. The molecule has 0 spiro atoms. The quantitative estimate of drug-likeness (QED) is 0.616. The molecule has 7 nitrogen and oxygen atoms in total. The smallest absolute Gasteiger partial charge is 0.299 e. The van der Waals surface area contributed by atoms with E-state index in [-0.39, 0.29) is 11.6 Å². The van der Waals surface area contributed by atoms with Gasteiger partial charge in [-0.2, -0.15) is 0 Å². The minimum atomic E-state index is -3.78. The van der Waals surface area contributed by atoms with Crippen LogP contribution in [0.1, 0.15) is 58.7 Å². The zero-order valence-electron chi connectivity index (χ0n) is 22.7. The third-order valence-electron chi connectivity index (χ3n) is 7.36. The van der Waals surface area contributed by atoms with Crippen molar-refractivity contribution in [3.05, 3.63) is 65.5 Å². The highest BCUT2D eigenvalue weighted by Gasteiger charge is 2.47. The number of nitrogens with zero attached hydrogens (tertiary/aromatic N) is 3. The van der Waals surface area contributed by atoms with Gasteiger partial charge in [0, 0.05) is 43.0 Å². The van der Waals surface area contributed by atoms with Crippen molar-refractivity contribution < 1.29 is 17.5 Å². The van der Waals surface area contributed by atoms with E-state index in [0.717, 1.165) is 37.4 Å². The van der Waals surface area contributed by atoms with Crippen molar-refractivity contribution in [2.45, 2.75) is 70.4 Å². The van der Waals surface area contributed by atoms with Crippen LogP contribution < -0.4 is 9.62 Å². The molecule has 0 bridgehead atoms. The second-order valence-electron chi connectivity index (χ2n) is 11.5. The maximum absolute atomic E-state index is 14.2. The van der Waals surface area contributed by atoms with Crippen LogP contribution in [0.15, 0.2) is 53.5 Å². The normalized spacial score (nSPS) is 23.8. The zero-order valence-corrected chi connectivity index (χ0v) is 23.5. The van der Waals surface area contributed by atoms with Gasteiger partial charge in [-0.1, -0.05) is 30.3 Å². The Morgan fingerprint density at radius 1 is 1.08 bits per heavy atom. The average Bonchev–Trinajstić information content (AvgIpc) is 2.81. The predicted molar refractivity (Wildman–Crippen MR) is 147 cm³/mol. The van der Waals surface area contributed by atoms with Crippen molar-refractivity contribution in [2.24, 2.45) is 4.99 Å². The highest BCUT2D eigenvalue weighted by Crippen LogP contribution is 2.31. The lowest BCUT2D eigenvalue weighted by Crippen LogP contribution is -2.59. The molecule has 2 aliphatic heterocycles. The standard InChI is InChI=1S/C28H39FN4O3S/c1-20(23-9-7-8-10-24(23)29)30-26-31-37(34,35)25(28(5,6)36-26)19-21-11-13-22(14-12-21)32-15-17-33(18-16-32)27(2,3)4/h7-14,20,25H,15-19H2,1-6H3,(H,30,31)/t20-,25?/m0/s1. The van der Waals surface area contributed by atoms with E-state index in [1.807, 2.05) is 12.1 Å². The van der Waals surface area contributed by atoms with Crippen LogP contribution in [0.2, 0.25) is 0 Å². The molecule has 2 aromatic carbocycles. The molecule has 2 saturated heterocycles. The van der Waals surface area contributed by atoms with Crippen molar-refractivity contribution in [1.82, 2.24) is 9.62 Å². The molecule has 2 heterocycles. The van der Waals surface area contributed by atoms with Crippen LogP contribution >= 0.6 is 0 Å². The number of amidine groups is 1. The predicted octanol–water partition coefficient (Wildman–Crippen LogP) is 4.50. The molecular weight excluding hydrogens is 491 g/mol. The van der Waals surface area contributed by atoms with Gasteiger partial charge in [-0.05, 0) is 71.7 Å². The van der Waals surface area contributed by atoms with Gasteiger partial charge >= 0.3 is 0 Å². The third-order valence-corrected chi connectivity index (χ3v) is 9.30. The summed E-state index contributed by atoms with van der Waals surface area (Å²) in [5.41, 5.74) is 1.58. The number of halogens is 1. The van der Waals surface area contributed by atoms with Gasteiger partial charge < -0.3 is 9.64 Å². The van der Waals surface area contributed by atoms with Gasteiger partial charge in [0.2, 0.25) is 10.0 Å². The number of piperazine rings is 1. The van der Waals surface area contributed by atoms with Gasteiger partial charge in [-0.15, -0.1) is 0 Å². The highest BCUT2D eigenvalue weighted by atomic mass is 32.2. The van der Waals surface area contributed by atoms with E-state index in [4.69, 9.17) is 4.74 Å². The lowest BCUT2D eigenvalue weighted by atomic mass is 9.97. The van der Waals surface area contributed by atoms with Crippen molar-refractivity contribution in [3.63, 3.8) is 0 Å². The molecule has 0 radical (unpaired) electrons. The van der Waals surface area contributed by atoms with Gasteiger partial charge in [-0.3, -0.25) is 4.90 Å². The Morgan fingerprint density at radius 2 is 1.70 bits per heavy atom. The topological polar surface area (TPSA) is 74.2 Å². The van der Waals surface area contributed by atoms with Crippen molar-refractivity contribution >= 4 is 21.7 Å². The SMILES string of the molecule is C[C@H](N=C1NS(=O)(=O)C(Cc2ccc(N3CCN(C(C)(C)C)CC3)cc2)C(C)(C)O1)c1ccccc1F. The van der Waals surface area contributed by atoms with E-state index >= 15 is 0 Å². The molecule has 37 heavy (non-hydrogen) atoms. The minimum Gasteiger partial charge on any atom is -0.457 e. The number of anilines is 1. The van der Waals surface area contributed by atoms with Crippen molar-refractivity contribution in [2.75, 3.05) is 31.1 Å². The summed E-state index contributed by atoms with van der Waals surface area (Å²) < 4.78 is 49.2. The fourth-order valence-corrected chi connectivity index (χ4v) is 6.75. The number of nitrogens with one attached hydrogen (secondary N) is 1. The molecule has 0 aromatic heterocycles. The zero-order chi connectivity index (χ0) is 27.0. The molecule has 2 atom stereocenters. The number of sulfonamides is 1. The van der Waals surface area contributed by atoms with E-state index in [9.17, 15) is 12.8 Å². The first-order chi connectivity index (χ1) is 17.3. The molecule has 1 N–H and O–H groups in total. The summed E-state index contributed by atoms with van der Waals surface area (Å²) in [6.07, 6.45) is 0.302. The molecule has 9 heteroatoms. The molecule has 0 amide bonds. The summed E-state index contributed by atoms with van der Waals surface area (Å²) in [4.78, 5) is 9.21. The van der Waals surface area contributed by atoms with Crippen LogP contribution in [-0.4, -0.2) is 61.9 Å². The van der Waals surface area contributed by atoms with Gasteiger partial charge in [0.25, 0.3) is 6.02 Å². The Kier molecular flexibility index (Phi) is 7.59. The summed E-state index contributed by atoms with van der Waals surface area (Å²) in [6, 6.07) is 13.7. The van der Waals surface area contributed by atoms with Crippen molar-refractivity contribution in [1.29, 1.82) is 0 Å². The van der Waals surface area contributed by atoms with Crippen LogP contribution in [0.25, 0.3) is 0 Å². The van der Waals surface area contributed by atoms with E-state index in [2.05, 4.69) is 52.4 Å². The summed E-state index contributed by atoms with van der Waals surface area (Å²) in [7, 11) is -3.78. The number of hydrogen-bond donors (Lipinski definition) is 1. The van der Waals surface area contributed by atoms with Gasteiger partial charge in [-0.25, -0.2) is 22.5 Å². The van der Waals surface area contributed by atoms with E-state index < -0.39 is 32.7 Å². The Bertz CT molecular complexity index is 1230. The maximum atomic E-state index is 14.2. The van der Waals surface area contributed by atoms with Gasteiger partial charge in [0.1, 0.15) is 16.7 Å². The Hall–Kier alpha value is -2.65. The van der Waals surface area contributed by atoms with E-state index in [0.29, 0.717) is 12.0 Å². The molecule has 1 unspecified atom stereocenters. The highest BCUT2D eigenvalue weighted by molar-refractivity contribution is 7.90.